The summed E-state index contributed by atoms with van der Waals surface area (Å²) in [5.41, 5.74) is 1.73. The smallest absolute Gasteiger partial charge is 0.251 e. The second-order valence-electron chi connectivity index (χ2n) is 4.56. The number of halogens is 1. The standard InChI is InChI=1S/C13H16BrNO2S/c1-9-8-10(2-3-12(9)14)13(16)15-11-4-6-18(17)7-5-11/h2-3,8,11H,4-7H2,1H3,(H,15,16). The number of aryl methyl sites for hydroxylation is 1. The Morgan fingerprint density at radius 3 is 2.67 bits per heavy atom. The van der Waals surface area contributed by atoms with Crippen LogP contribution in [0, 0.1) is 6.92 Å². The van der Waals surface area contributed by atoms with Crippen LogP contribution in [-0.4, -0.2) is 27.7 Å². The molecule has 1 amide bonds. The highest BCUT2D eigenvalue weighted by atomic mass is 79.9. The number of carbonyl (C=O) groups excluding carboxylic acids is 1. The summed E-state index contributed by atoms with van der Waals surface area (Å²) < 4.78 is 12.2. The number of hydrogen-bond acceptors (Lipinski definition) is 2. The van der Waals surface area contributed by atoms with E-state index in [1.807, 2.05) is 25.1 Å². The summed E-state index contributed by atoms with van der Waals surface area (Å²) in [6.45, 7) is 1.96. The average Bonchev–Trinajstić information content (AvgIpc) is 2.35. The molecule has 1 saturated heterocycles. The van der Waals surface area contributed by atoms with E-state index in [1.54, 1.807) is 0 Å². The van der Waals surface area contributed by atoms with Crippen molar-refractivity contribution in [2.75, 3.05) is 11.5 Å². The Kier molecular flexibility index (Phi) is 4.56. The summed E-state index contributed by atoms with van der Waals surface area (Å²) in [5, 5.41) is 3.01. The van der Waals surface area contributed by atoms with Gasteiger partial charge in [0.05, 0.1) is 0 Å². The van der Waals surface area contributed by atoms with Crippen molar-refractivity contribution >= 4 is 32.6 Å². The van der Waals surface area contributed by atoms with Gasteiger partial charge in [-0.15, -0.1) is 0 Å². The molecule has 0 aromatic heterocycles. The number of benzene rings is 1. The topological polar surface area (TPSA) is 46.2 Å². The molecule has 1 heterocycles. The van der Waals surface area contributed by atoms with E-state index in [2.05, 4.69) is 21.2 Å². The highest BCUT2D eigenvalue weighted by Crippen LogP contribution is 2.17. The zero-order valence-corrected chi connectivity index (χ0v) is 12.6. The van der Waals surface area contributed by atoms with Crippen molar-refractivity contribution in [3.05, 3.63) is 33.8 Å². The van der Waals surface area contributed by atoms with Gasteiger partial charge in [-0.3, -0.25) is 9.00 Å². The highest BCUT2D eigenvalue weighted by Gasteiger charge is 2.20. The molecule has 0 unspecified atom stereocenters. The predicted molar refractivity (Wildman–Crippen MR) is 77.2 cm³/mol. The quantitative estimate of drug-likeness (QED) is 0.905. The second-order valence-corrected chi connectivity index (χ2v) is 7.11. The van der Waals surface area contributed by atoms with Crippen molar-refractivity contribution in [1.29, 1.82) is 0 Å². The minimum atomic E-state index is -0.684. The first-order chi connectivity index (χ1) is 8.56. The van der Waals surface area contributed by atoms with Gasteiger partial charge in [0.1, 0.15) is 0 Å². The number of hydrogen-bond donors (Lipinski definition) is 1. The fraction of sp³-hybridized carbons (Fsp3) is 0.462. The highest BCUT2D eigenvalue weighted by molar-refractivity contribution is 9.10. The van der Waals surface area contributed by atoms with Crippen LogP contribution in [-0.2, 0) is 10.8 Å². The number of amides is 1. The van der Waals surface area contributed by atoms with Crippen molar-refractivity contribution in [2.24, 2.45) is 0 Å². The van der Waals surface area contributed by atoms with Crippen LogP contribution >= 0.6 is 15.9 Å². The van der Waals surface area contributed by atoms with Gasteiger partial charge in [-0.05, 0) is 43.5 Å². The third-order valence-corrected chi connectivity index (χ3v) is 5.42. The van der Waals surface area contributed by atoms with E-state index in [0.717, 1.165) is 22.9 Å². The first-order valence-corrected chi connectivity index (χ1v) is 8.26. The van der Waals surface area contributed by atoms with Crippen LogP contribution in [0.25, 0.3) is 0 Å². The van der Waals surface area contributed by atoms with Crippen LogP contribution in [0.4, 0.5) is 0 Å². The summed E-state index contributed by atoms with van der Waals surface area (Å²) >= 11 is 3.42. The van der Waals surface area contributed by atoms with Gasteiger partial charge in [0.2, 0.25) is 0 Å². The number of nitrogens with one attached hydrogen (secondary N) is 1. The summed E-state index contributed by atoms with van der Waals surface area (Å²) in [7, 11) is -0.684. The lowest BCUT2D eigenvalue weighted by molar-refractivity contribution is 0.0934. The van der Waals surface area contributed by atoms with E-state index in [-0.39, 0.29) is 11.9 Å². The normalized spacial score (nSPS) is 23.7. The molecule has 0 radical (unpaired) electrons. The molecular weight excluding hydrogens is 314 g/mol. The third kappa shape index (κ3) is 3.42. The van der Waals surface area contributed by atoms with Crippen molar-refractivity contribution in [3.63, 3.8) is 0 Å². The molecule has 5 heteroatoms. The van der Waals surface area contributed by atoms with Crippen LogP contribution in [0.1, 0.15) is 28.8 Å². The molecule has 18 heavy (non-hydrogen) atoms. The molecule has 1 aromatic rings. The summed E-state index contributed by atoms with van der Waals surface area (Å²) in [6.07, 6.45) is 1.63. The van der Waals surface area contributed by atoms with E-state index < -0.39 is 10.8 Å². The molecule has 1 aliphatic heterocycles. The third-order valence-electron chi connectivity index (χ3n) is 3.14. The molecular formula is C13H16BrNO2S. The molecule has 0 atom stereocenters. The van der Waals surface area contributed by atoms with Gasteiger partial charge in [0.25, 0.3) is 5.91 Å². The van der Waals surface area contributed by atoms with Crippen molar-refractivity contribution < 1.29 is 9.00 Å². The minimum absolute atomic E-state index is 0.0386. The lowest BCUT2D eigenvalue weighted by Crippen LogP contribution is -2.39. The van der Waals surface area contributed by atoms with Gasteiger partial charge < -0.3 is 5.32 Å². The molecule has 0 bridgehead atoms. The van der Waals surface area contributed by atoms with Crippen molar-refractivity contribution in [1.82, 2.24) is 5.32 Å². The zero-order chi connectivity index (χ0) is 13.1. The summed E-state index contributed by atoms with van der Waals surface area (Å²) in [5.74, 6) is 1.36. The molecule has 3 nitrogen and oxygen atoms in total. The van der Waals surface area contributed by atoms with E-state index >= 15 is 0 Å². The SMILES string of the molecule is Cc1cc(C(=O)NC2CCS(=O)CC2)ccc1Br. The molecule has 0 saturated carbocycles. The largest absolute Gasteiger partial charge is 0.349 e. The minimum Gasteiger partial charge on any atom is -0.349 e. The fourth-order valence-electron chi connectivity index (χ4n) is 1.99. The molecule has 1 N–H and O–H groups in total. The van der Waals surface area contributed by atoms with Crippen LogP contribution in [0.5, 0.6) is 0 Å². The first-order valence-electron chi connectivity index (χ1n) is 5.98. The van der Waals surface area contributed by atoms with Crippen molar-refractivity contribution in [3.8, 4) is 0 Å². The Morgan fingerprint density at radius 1 is 1.39 bits per heavy atom. The van der Waals surface area contributed by atoms with E-state index in [9.17, 15) is 9.00 Å². The Balaban J connectivity index is 1.99. The Morgan fingerprint density at radius 2 is 2.06 bits per heavy atom. The molecule has 1 aromatic carbocycles. The summed E-state index contributed by atoms with van der Waals surface area (Å²) in [6, 6.07) is 5.74. The lowest BCUT2D eigenvalue weighted by Gasteiger charge is -2.22. The van der Waals surface area contributed by atoms with Gasteiger partial charge >= 0.3 is 0 Å². The maximum atomic E-state index is 12.1. The molecule has 1 aliphatic rings. The van der Waals surface area contributed by atoms with Crippen molar-refractivity contribution in [2.45, 2.75) is 25.8 Å². The predicted octanol–water partition coefficient (Wildman–Crippen LogP) is 2.40. The number of carbonyl (C=O) groups is 1. The fourth-order valence-corrected chi connectivity index (χ4v) is 3.54. The Labute approximate surface area is 118 Å². The maximum Gasteiger partial charge on any atom is 0.251 e. The Bertz CT molecular complexity index is 480. The van der Waals surface area contributed by atoms with Crippen LogP contribution in [0.3, 0.4) is 0 Å². The van der Waals surface area contributed by atoms with E-state index in [4.69, 9.17) is 0 Å². The molecule has 98 valence electrons. The van der Waals surface area contributed by atoms with Crippen LogP contribution in [0.2, 0.25) is 0 Å². The zero-order valence-electron chi connectivity index (χ0n) is 10.2. The first kappa shape index (κ1) is 13.7. The molecule has 1 fully saturated rings. The van der Waals surface area contributed by atoms with Gasteiger partial charge in [0, 0.05) is 38.4 Å². The van der Waals surface area contributed by atoms with Crippen LogP contribution < -0.4 is 5.32 Å². The second kappa shape index (κ2) is 5.97. The molecule has 0 spiro atoms. The number of rotatable bonds is 2. The average molecular weight is 330 g/mol. The lowest BCUT2D eigenvalue weighted by atomic mass is 10.1. The molecule has 2 rings (SSSR count). The maximum absolute atomic E-state index is 12.1. The van der Waals surface area contributed by atoms with Gasteiger partial charge in [-0.2, -0.15) is 0 Å². The van der Waals surface area contributed by atoms with Gasteiger partial charge in [-0.25, -0.2) is 0 Å². The van der Waals surface area contributed by atoms with E-state index in [1.165, 1.54) is 0 Å². The summed E-state index contributed by atoms with van der Waals surface area (Å²) in [4.78, 5) is 12.1. The Hall–Kier alpha value is -0.680. The molecule has 0 aliphatic carbocycles. The monoisotopic (exact) mass is 329 g/mol. The van der Waals surface area contributed by atoms with Gasteiger partial charge in [0.15, 0.2) is 0 Å². The van der Waals surface area contributed by atoms with Gasteiger partial charge in [-0.1, -0.05) is 15.9 Å². The van der Waals surface area contributed by atoms with E-state index in [0.29, 0.717) is 17.1 Å². The van der Waals surface area contributed by atoms with Crippen LogP contribution in [0.15, 0.2) is 22.7 Å².